The molecule has 8 heteroatoms. The van der Waals surface area contributed by atoms with Crippen LogP contribution < -0.4 is 10.2 Å². The van der Waals surface area contributed by atoms with Crippen LogP contribution in [0.1, 0.15) is 11.1 Å². The third-order valence-electron chi connectivity index (χ3n) is 4.54. The SMILES string of the molecule is Cc1ccc2nc(N3CC(C(=O)Nc4ccc(C(F)(F)F)cc4)C3)sc2c1. The summed E-state index contributed by atoms with van der Waals surface area (Å²) in [6, 6.07) is 10.6. The molecule has 27 heavy (non-hydrogen) atoms. The topological polar surface area (TPSA) is 45.2 Å². The number of alkyl halides is 3. The van der Waals surface area contributed by atoms with Crippen molar-refractivity contribution in [3.63, 3.8) is 0 Å². The van der Waals surface area contributed by atoms with Crippen LogP contribution in [-0.2, 0) is 11.0 Å². The third-order valence-corrected chi connectivity index (χ3v) is 5.61. The molecule has 0 radical (unpaired) electrons. The molecular formula is C19H16F3N3OS. The lowest BCUT2D eigenvalue weighted by Gasteiger charge is -2.37. The predicted octanol–water partition coefficient (Wildman–Crippen LogP) is 4.70. The van der Waals surface area contributed by atoms with Gasteiger partial charge in [-0.2, -0.15) is 13.2 Å². The smallest absolute Gasteiger partial charge is 0.346 e. The average Bonchev–Trinajstić information content (AvgIpc) is 2.95. The van der Waals surface area contributed by atoms with E-state index in [1.54, 1.807) is 11.3 Å². The van der Waals surface area contributed by atoms with E-state index in [9.17, 15) is 18.0 Å². The fourth-order valence-corrected chi connectivity index (χ4v) is 4.02. The summed E-state index contributed by atoms with van der Waals surface area (Å²) < 4.78 is 38.9. The number of thiazole rings is 1. The van der Waals surface area contributed by atoms with E-state index in [0.29, 0.717) is 18.8 Å². The Kier molecular flexibility index (Phi) is 4.30. The number of aryl methyl sites for hydroxylation is 1. The minimum absolute atomic E-state index is 0.192. The Morgan fingerprint density at radius 1 is 1.19 bits per heavy atom. The zero-order valence-electron chi connectivity index (χ0n) is 14.4. The van der Waals surface area contributed by atoms with Gasteiger partial charge in [0.1, 0.15) is 0 Å². The van der Waals surface area contributed by atoms with Gasteiger partial charge in [-0.25, -0.2) is 4.98 Å². The number of hydrogen-bond acceptors (Lipinski definition) is 4. The summed E-state index contributed by atoms with van der Waals surface area (Å²) in [7, 11) is 0. The molecule has 1 N–H and O–H groups in total. The summed E-state index contributed by atoms with van der Waals surface area (Å²) in [4.78, 5) is 18.9. The molecule has 1 aliphatic heterocycles. The molecular weight excluding hydrogens is 375 g/mol. The number of amides is 1. The van der Waals surface area contributed by atoms with Crippen molar-refractivity contribution in [3.05, 3.63) is 53.6 Å². The second-order valence-electron chi connectivity index (χ2n) is 6.63. The summed E-state index contributed by atoms with van der Waals surface area (Å²) in [6.45, 7) is 3.13. The summed E-state index contributed by atoms with van der Waals surface area (Å²) in [6.07, 6.45) is -4.38. The zero-order valence-corrected chi connectivity index (χ0v) is 15.2. The highest BCUT2D eigenvalue weighted by atomic mass is 32.1. The van der Waals surface area contributed by atoms with E-state index in [2.05, 4.69) is 16.4 Å². The van der Waals surface area contributed by atoms with Gasteiger partial charge in [0.25, 0.3) is 0 Å². The second-order valence-corrected chi connectivity index (χ2v) is 7.64. The number of fused-ring (bicyclic) bond motifs is 1. The highest BCUT2D eigenvalue weighted by Crippen LogP contribution is 2.34. The minimum Gasteiger partial charge on any atom is -0.346 e. The molecule has 0 unspecified atom stereocenters. The Labute approximate surface area is 157 Å². The van der Waals surface area contributed by atoms with Crippen molar-refractivity contribution in [2.75, 3.05) is 23.3 Å². The van der Waals surface area contributed by atoms with E-state index in [1.165, 1.54) is 17.7 Å². The van der Waals surface area contributed by atoms with Crippen LogP contribution in [0.5, 0.6) is 0 Å². The predicted molar refractivity (Wildman–Crippen MR) is 100 cm³/mol. The maximum Gasteiger partial charge on any atom is 0.416 e. The Morgan fingerprint density at radius 3 is 2.56 bits per heavy atom. The zero-order chi connectivity index (χ0) is 19.2. The average molecular weight is 391 g/mol. The number of halogens is 3. The summed E-state index contributed by atoms with van der Waals surface area (Å²) >= 11 is 1.59. The summed E-state index contributed by atoms with van der Waals surface area (Å²) in [5.74, 6) is -0.399. The normalized spacial score (nSPS) is 15.0. The van der Waals surface area contributed by atoms with Gasteiger partial charge in [0.2, 0.25) is 5.91 Å². The molecule has 4 nitrogen and oxygen atoms in total. The van der Waals surface area contributed by atoms with Gasteiger partial charge in [-0.1, -0.05) is 17.4 Å². The van der Waals surface area contributed by atoms with Crippen molar-refractivity contribution in [3.8, 4) is 0 Å². The molecule has 0 spiro atoms. The largest absolute Gasteiger partial charge is 0.416 e. The van der Waals surface area contributed by atoms with Gasteiger partial charge in [-0.05, 0) is 48.9 Å². The number of anilines is 2. The maximum absolute atomic E-state index is 12.6. The summed E-state index contributed by atoms with van der Waals surface area (Å²) in [5, 5.41) is 3.56. The van der Waals surface area contributed by atoms with Crippen molar-refractivity contribution in [1.82, 2.24) is 4.98 Å². The minimum atomic E-state index is -4.38. The van der Waals surface area contributed by atoms with E-state index >= 15 is 0 Å². The van der Waals surface area contributed by atoms with Crippen molar-refractivity contribution in [2.45, 2.75) is 13.1 Å². The molecule has 3 aromatic rings. The number of nitrogens with one attached hydrogen (secondary N) is 1. The van der Waals surface area contributed by atoms with Crippen LogP contribution in [0.4, 0.5) is 24.0 Å². The van der Waals surface area contributed by atoms with Crippen LogP contribution in [-0.4, -0.2) is 24.0 Å². The fourth-order valence-electron chi connectivity index (χ4n) is 2.94. The van der Waals surface area contributed by atoms with E-state index < -0.39 is 11.7 Å². The molecule has 4 rings (SSSR count). The first-order valence-corrected chi connectivity index (χ1v) is 9.21. The van der Waals surface area contributed by atoms with Gasteiger partial charge in [-0.3, -0.25) is 4.79 Å². The van der Waals surface area contributed by atoms with Crippen LogP contribution in [0.15, 0.2) is 42.5 Å². The number of carbonyl (C=O) groups is 1. The molecule has 1 aromatic heterocycles. The Bertz CT molecular complexity index is 992. The Hall–Kier alpha value is -2.61. The first-order valence-electron chi connectivity index (χ1n) is 8.40. The molecule has 140 valence electrons. The van der Waals surface area contributed by atoms with Crippen LogP contribution in [0.25, 0.3) is 10.2 Å². The Balaban J connectivity index is 1.36. The van der Waals surface area contributed by atoms with Gasteiger partial charge in [0.15, 0.2) is 5.13 Å². The van der Waals surface area contributed by atoms with Gasteiger partial charge < -0.3 is 10.2 Å². The lowest BCUT2D eigenvalue weighted by Crippen LogP contribution is -2.52. The molecule has 1 aliphatic rings. The number of benzene rings is 2. The first-order chi connectivity index (χ1) is 12.8. The maximum atomic E-state index is 12.6. The molecule has 0 bridgehead atoms. The van der Waals surface area contributed by atoms with Crippen LogP contribution in [0.3, 0.4) is 0 Å². The number of aromatic nitrogens is 1. The van der Waals surface area contributed by atoms with Crippen molar-refractivity contribution in [2.24, 2.45) is 5.92 Å². The number of nitrogens with zero attached hydrogens (tertiary/aromatic N) is 2. The molecule has 0 saturated carbocycles. The lowest BCUT2D eigenvalue weighted by atomic mass is 10.00. The van der Waals surface area contributed by atoms with Gasteiger partial charge >= 0.3 is 6.18 Å². The second kappa shape index (κ2) is 6.53. The van der Waals surface area contributed by atoms with Crippen molar-refractivity contribution < 1.29 is 18.0 Å². The van der Waals surface area contributed by atoms with E-state index in [-0.39, 0.29) is 11.8 Å². The highest BCUT2D eigenvalue weighted by molar-refractivity contribution is 7.22. The Morgan fingerprint density at radius 2 is 1.89 bits per heavy atom. The molecule has 0 aliphatic carbocycles. The van der Waals surface area contributed by atoms with Crippen LogP contribution in [0.2, 0.25) is 0 Å². The van der Waals surface area contributed by atoms with Crippen molar-refractivity contribution >= 4 is 38.3 Å². The molecule has 1 amide bonds. The van der Waals surface area contributed by atoms with Crippen LogP contribution in [0, 0.1) is 12.8 Å². The fraction of sp³-hybridized carbons (Fsp3) is 0.263. The van der Waals surface area contributed by atoms with E-state index in [1.807, 2.05) is 24.0 Å². The van der Waals surface area contributed by atoms with E-state index in [0.717, 1.165) is 27.5 Å². The standard InChI is InChI=1S/C19H16F3N3OS/c1-11-2-7-15-16(8-11)27-18(24-15)25-9-12(10-25)17(26)23-14-5-3-13(4-6-14)19(20,21)22/h2-8,12H,9-10H2,1H3,(H,23,26). The molecule has 1 saturated heterocycles. The summed E-state index contributed by atoms with van der Waals surface area (Å²) in [5.41, 5.74) is 1.75. The monoisotopic (exact) mass is 391 g/mol. The molecule has 2 heterocycles. The lowest BCUT2D eigenvalue weighted by molar-refractivity contribution is -0.137. The number of carbonyl (C=O) groups excluding carboxylic acids is 1. The van der Waals surface area contributed by atoms with E-state index in [4.69, 9.17) is 0 Å². The molecule has 2 aromatic carbocycles. The molecule has 0 atom stereocenters. The van der Waals surface area contributed by atoms with Gasteiger partial charge in [0.05, 0.1) is 21.7 Å². The highest BCUT2D eigenvalue weighted by Gasteiger charge is 2.35. The van der Waals surface area contributed by atoms with Gasteiger partial charge in [-0.15, -0.1) is 0 Å². The van der Waals surface area contributed by atoms with Crippen molar-refractivity contribution in [1.29, 1.82) is 0 Å². The number of rotatable bonds is 3. The third kappa shape index (κ3) is 3.62. The van der Waals surface area contributed by atoms with Crippen LogP contribution >= 0.6 is 11.3 Å². The molecule has 1 fully saturated rings. The first kappa shape index (κ1) is 17.8. The number of hydrogen-bond donors (Lipinski definition) is 1. The van der Waals surface area contributed by atoms with Gasteiger partial charge in [0, 0.05) is 18.8 Å². The quantitative estimate of drug-likeness (QED) is 0.704.